The van der Waals surface area contributed by atoms with Gasteiger partial charge in [0.05, 0.1) is 0 Å². The third kappa shape index (κ3) is 20.8. The minimum absolute atomic E-state index is 0.414. The van der Waals surface area contributed by atoms with Gasteiger partial charge >= 0.3 is 101 Å². The Balaban J connectivity index is 2.90. The van der Waals surface area contributed by atoms with Gasteiger partial charge in [0.15, 0.2) is 0 Å². The molecule has 1 heteroatoms. The van der Waals surface area contributed by atoms with Crippen LogP contribution >= 0.6 is 0 Å². The molecule has 0 aromatic rings. The third-order valence-electron chi connectivity index (χ3n) is 4.45. The summed E-state index contributed by atoms with van der Waals surface area (Å²) in [7, 11) is 0. The maximum absolute atomic E-state index is 2.43. The van der Waals surface area contributed by atoms with Gasteiger partial charge in [-0.2, -0.15) is 0 Å². The molecule has 0 radical (unpaired) electrons. The summed E-state index contributed by atoms with van der Waals surface area (Å²) >= 11 is 0.414. The second-order valence-corrected chi connectivity index (χ2v) is 9.46. The molecule has 0 aromatic heterocycles. The SMILES string of the molecule is CCCCCCCCCCCCCCCCCCC[Te]C. The second-order valence-electron chi connectivity index (χ2n) is 6.65. The molecule has 0 nitrogen and oxygen atoms in total. The molecule has 0 spiro atoms. The molecule has 0 N–H and O–H groups in total. The van der Waals surface area contributed by atoms with E-state index >= 15 is 0 Å². The van der Waals surface area contributed by atoms with Crippen molar-refractivity contribution in [1.29, 1.82) is 0 Å². The van der Waals surface area contributed by atoms with Crippen LogP contribution in [0.25, 0.3) is 0 Å². The standard InChI is InChI=1S/C20H42Te/c1-3-4-5-6-7-8-9-10-11-12-13-14-15-16-17-18-19-20-21-2/h3-20H2,1-2H3. The predicted octanol–water partition coefficient (Wildman–Crippen LogP) is 7.81. The van der Waals surface area contributed by atoms with Gasteiger partial charge in [-0.05, 0) is 0 Å². The molecular formula is C20H42Te. The van der Waals surface area contributed by atoms with Crippen molar-refractivity contribution in [3.8, 4) is 0 Å². The molecule has 0 unspecified atom stereocenters. The fourth-order valence-corrected chi connectivity index (χ4v) is 4.38. The molecule has 0 amide bonds. The van der Waals surface area contributed by atoms with Crippen molar-refractivity contribution < 1.29 is 0 Å². The van der Waals surface area contributed by atoms with E-state index in [1.165, 1.54) is 109 Å². The zero-order chi connectivity index (χ0) is 15.4. The van der Waals surface area contributed by atoms with Crippen LogP contribution in [0, 0.1) is 0 Å². The first-order valence-electron chi connectivity index (χ1n) is 9.90. The normalized spacial score (nSPS) is 11.1. The Morgan fingerprint density at radius 3 is 1.00 bits per heavy atom. The van der Waals surface area contributed by atoms with Crippen LogP contribution in [0.5, 0.6) is 0 Å². The summed E-state index contributed by atoms with van der Waals surface area (Å²) in [5.41, 5.74) is 0. The first kappa shape index (κ1) is 21.8. The molecular weight excluding hydrogens is 368 g/mol. The van der Waals surface area contributed by atoms with E-state index in [-0.39, 0.29) is 0 Å². The van der Waals surface area contributed by atoms with Crippen molar-refractivity contribution in [1.82, 2.24) is 0 Å². The molecule has 0 aromatic carbocycles. The Kier molecular flexibility index (Phi) is 21.6. The first-order valence-corrected chi connectivity index (χ1v) is 13.9. The summed E-state index contributed by atoms with van der Waals surface area (Å²) < 4.78 is 1.57. The van der Waals surface area contributed by atoms with Crippen LogP contribution in [0.3, 0.4) is 0 Å². The number of hydrogen-bond acceptors (Lipinski definition) is 0. The molecule has 0 aliphatic rings. The van der Waals surface area contributed by atoms with Gasteiger partial charge < -0.3 is 0 Å². The molecule has 0 saturated carbocycles. The summed E-state index contributed by atoms with van der Waals surface area (Å²) in [6.07, 6.45) is 25.3. The quantitative estimate of drug-likeness (QED) is 0.160. The van der Waals surface area contributed by atoms with E-state index in [2.05, 4.69) is 11.9 Å². The Labute approximate surface area is 146 Å². The van der Waals surface area contributed by atoms with Gasteiger partial charge in [-0.3, -0.25) is 0 Å². The van der Waals surface area contributed by atoms with Crippen LogP contribution in [-0.4, -0.2) is 20.9 Å². The van der Waals surface area contributed by atoms with Gasteiger partial charge in [-0.25, -0.2) is 0 Å². The fourth-order valence-electron chi connectivity index (χ4n) is 2.97. The average molecular weight is 410 g/mol. The van der Waals surface area contributed by atoms with Gasteiger partial charge in [0.25, 0.3) is 0 Å². The molecule has 128 valence electrons. The minimum atomic E-state index is 0.414. The summed E-state index contributed by atoms with van der Waals surface area (Å²) in [6.45, 7) is 2.30. The Hall–Kier alpha value is 0.790. The van der Waals surface area contributed by atoms with E-state index in [9.17, 15) is 0 Å². The van der Waals surface area contributed by atoms with Crippen molar-refractivity contribution in [2.45, 2.75) is 126 Å². The second kappa shape index (κ2) is 20.8. The van der Waals surface area contributed by atoms with Crippen molar-refractivity contribution in [2.75, 3.05) is 0 Å². The van der Waals surface area contributed by atoms with Crippen molar-refractivity contribution in [2.24, 2.45) is 0 Å². The van der Waals surface area contributed by atoms with Crippen LogP contribution in [0.2, 0.25) is 9.44 Å². The van der Waals surface area contributed by atoms with Gasteiger partial charge in [0.1, 0.15) is 0 Å². The molecule has 0 fully saturated rings. The van der Waals surface area contributed by atoms with Crippen LogP contribution in [0.1, 0.15) is 116 Å². The summed E-state index contributed by atoms with van der Waals surface area (Å²) in [4.78, 5) is 2.43. The zero-order valence-electron chi connectivity index (χ0n) is 15.1. The monoisotopic (exact) mass is 412 g/mol. The summed E-state index contributed by atoms with van der Waals surface area (Å²) in [5, 5.41) is 0. The summed E-state index contributed by atoms with van der Waals surface area (Å²) in [5.74, 6) is 0. The molecule has 0 atom stereocenters. The van der Waals surface area contributed by atoms with E-state index in [0.29, 0.717) is 20.9 Å². The average Bonchev–Trinajstić information content (AvgIpc) is 2.50. The summed E-state index contributed by atoms with van der Waals surface area (Å²) in [6, 6.07) is 0. The van der Waals surface area contributed by atoms with Crippen LogP contribution < -0.4 is 0 Å². The van der Waals surface area contributed by atoms with E-state index in [1.54, 1.807) is 4.47 Å². The Morgan fingerprint density at radius 2 is 0.714 bits per heavy atom. The van der Waals surface area contributed by atoms with Gasteiger partial charge in [0, 0.05) is 0 Å². The van der Waals surface area contributed by atoms with Gasteiger partial charge in [0.2, 0.25) is 0 Å². The topological polar surface area (TPSA) is 0 Å². The third-order valence-corrected chi connectivity index (χ3v) is 6.44. The van der Waals surface area contributed by atoms with Crippen molar-refractivity contribution >= 4 is 20.9 Å². The van der Waals surface area contributed by atoms with E-state index in [0.717, 1.165) is 0 Å². The molecule has 21 heavy (non-hydrogen) atoms. The van der Waals surface area contributed by atoms with Crippen molar-refractivity contribution in [3.63, 3.8) is 0 Å². The molecule has 0 saturated heterocycles. The van der Waals surface area contributed by atoms with Crippen LogP contribution in [-0.2, 0) is 0 Å². The molecule has 0 aliphatic carbocycles. The van der Waals surface area contributed by atoms with Crippen LogP contribution in [0.15, 0.2) is 0 Å². The Morgan fingerprint density at radius 1 is 0.429 bits per heavy atom. The predicted molar refractivity (Wildman–Crippen MR) is 101 cm³/mol. The van der Waals surface area contributed by atoms with Gasteiger partial charge in [-0.15, -0.1) is 0 Å². The van der Waals surface area contributed by atoms with Crippen LogP contribution in [0.4, 0.5) is 0 Å². The molecule has 0 heterocycles. The number of unbranched alkanes of at least 4 members (excludes halogenated alkanes) is 16. The van der Waals surface area contributed by atoms with E-state index in [4.69, 9.17) is 0 Å². The molecule has 0 rings (SSSR count). The Bertz CT molecular complexity index is 149. The van der Waals surface area contributed by atoms with Crippen molar-refractivity contribution in [3.05, 3.63) is 0 Å². The number of hydrogen-bond donors (Lipinski definition) is 0. The molecule has 0 aliphatic heterocycles. The van der Waals surface area contributed by atoms with Gasteiger partial charge in [-0.1, -0.05) is 45.4 Å². The fraction of sp³-hybridized carbons (Fsp3) is 1.00. The first-order chi connectivity index (χ1) is 10.4. The maximum atomic E-state index is 2.43. The number of rotatable bonds is 18. The zero-order valence-corrected chi connectivity index (χ0v) is 17.5. The molecule has 0 bridgehead atoms. The van der Waals surface area contributed by atoms with E-state index < -0.39 is 0 Å². The van der Waals surface area contributed by atoms with E-state index in [1.807, 2.05) is 0 Å².